The molecule has 0 aliphatic heterocycles. The Morgan fingerprint density at radius 1 is 1.06 bits per heavy atom. The van der Waals surface area contributed by atoms with E-state index >= 15 is 0 Å². The molecule has 0 saturated carbocycles. The molecule has 0 bridgehead atoms. The number of nitrogens with two attached hydrogens (primary N) is 1. The quantitative estimate of drug-likeness (QED) is 0.705. The van der Waals surface area contributed by atoms with Gasteiger partial charge in [0.15, 0.2) is 0 Å². The molecule has 0 radical (unpaired) electrons. The van der Waals surface area contributed by atoms with Crippen molar-refractivity contribution >= 4 is 16.9 Å². The predicted octanol–water partition coefficient (Wildman–Crippen LogP) is 2.58. The van der Waals surface area contributed by atoms with Crippen molar-refractivity contribution in [2.24, 2.45) is 0 Å². The molecule has 0 unspecified atom stereocenters. The highest BCUT2D eigenvalue weighted by Crippen LogP contribution is 2.28. The normalized spacial score (nSPS) is 10.7. The molecule has 2 heterocycles. The number of aromatic nitrogens is 3. The molecule has 18 heavy (non-hydrogen) atoms. The Morgan fingerprint density at radius 2 is 1.94 bits per heavy atom. The van der Waals surface area contributed by atoms with E-state index in [1.165, 1.54) is 0 Å². The molecule has 4 nitrogen and oxygen atoms in total. The van der Waals surface area contributed by atoms with E-state index in [2.05, 4.69) is 15.0 Å². The highest BCUT2D eigenvalue weighted by Gasteiger charge is 2.09. The minimum absolute atomic E-state index is 0.288. The summed E-state index contributed by atoms with van der Waals surface area (Å²) in [6.07, 6.45) is 3.53. The number of nitrogens with zero attached hydrogens (tertiary/aromatic N) is 3. The highest BCUT2D eigenvalue weighted by atomic mass is 15.0. The smallest absolute Gasteiger partial charge is 0.220 e. The molecule has 0 saturated heterocycles. The van der Waals surface area contributed by atoms with Gasteiger partial charge < -0.3 is 5.73 Å². The number of hydrogen-bond donors (Lipinski definition) is 1. The fourth-order valence-electron chi connectivity index (χ4n) is 2.04. The fourth-order valence-corrected chi connectivity index (χ4v) is 2.04. The average molecular weight is 236 g/mol. The van der Waals surface area contributed by atoms with Crippen molar-refractivity contribution in [2.75, 3.05) is 5.73 Å². The van der Waals surface area contributed by atoms with Crippen LogP contribution in [0.3, 0.4) is 0 Å². The van der Waals surface area contributed by atoms with Gasteiger partial charge in [-0.3, -0.25) is 4.98 Å². The van der Waals surface area contributed by atoms with Crippen LogP contribution in [0.25, 0.3) is 22.2 Å². The number of hydrogen-bond acceptors (Lipinski definition) is 4. The molecule has 0 aliphatic carbocycles. The van der Waals surface area contributed by atoms with Crippen molar-refractivity contribution in [3.63, 3.8) is 0 Å². The Hall–Kier alpha value is -2.49. The number of nitrogen functional groups attached to an aromatic ring is 1. The first-order valence-electron chi connectivity index (χ1n) is 5.69. The van der Waals surface area contributed by atoms with Gasteiger partial charge in [-0.15, -0.1) is 0 Å². The maximum Gasteiger partial charge on any atom is 0.220 e. The number of pyridine rings is 1. The lowest BCUT2D eigenvalue weighted by Gasteiger charge is -2.08. The van der Waals surface area contributed by atoms with Crippen LogP contribution in [0.2, 0.25) is 0 Å². The second-order valence-electron chi connectivity index (χ2n) is 4.14. The van der Waals surface area contributed by atoms with E-state index < -0.39 is 0 Å². The first-order valence-corrected chi connectivity index (χ1v) is 5.69. The lowest BCUT2D eigenvalue weighted by Crippen LogP contribution is -1.98. The van der Waals surface area contributed by atoms with E-state index in [0.29, 0.717) is 0 Å². The van der Waals surface area contributed by atoms with Gasteiger partial charge >= 0.3 is 0 Å². The van der Waals surface area contributed by atoms with Gasteiger partial charge in [0.1, 0.15) is 0 Å². The molecule has 2 aromatic heterocycles. The molecule has 1 aromatic carbocycles. The lowest BCUT2D eigenvalue weighted by atomic mass is 10.0. The molecular formula is C14H12N4. The third kappa shape index (κ3) is 1.68. The zero-order valence-corrected chi connectivity index (χ0v) is 9.96. The first-order chi connectivity index (χ1) is 8.75. The maximum atomic E-state index is 5.67. The van der Waals surface area contributed by atoms with Crippen molar-refractivity contribution in [1.82, 2.24) is 15.0 Å². The zero-order valence-electron chi connectivity index (χ0n) is 9.96. The zero-order chi connectivity index (χ0) is 12.5. The van der Waals surface area contributed by atoms with Crippen molar-refractivity contribution < 1.29 is 0 Å². The Morgan fingerprint density at radius 3 is 2.83 bits per heavy atom. The fraction of sp³-hybridized carbons (Fsp3) is 0.0714. The second kappa shape index (κ2) is 4.07. The van der Waals surface area contributed by atoms with Crippen LogP contribution in [0.4, 0.5) is 5.95 Å². The van der Waals surface area contributed by atoms with Gasteiger partial charge in [0, 0.05) is 23.3 Å². The van der Waals surface area contributed by atoms with Crippen LogP contribution in [0.5, 0.6) is 0 Å². The molecule has 0 spiro atoms. The molecule has 0 atom stereocenters. The molecule has 2 N–H and O–H groups in total. The Kier molecular flexibility index (Phi) is 2.41. The SMILES string of the molecule is Cc1cnc(N)nc1-c1cccc2ncccc12. The third-order valence-electron chi connectivity index (χ3n) is 2.89. The van der Waals surface area contributed by atoms with Crippen LogP contribution in [0, 0.1) is 6.92 Å². The van der Waals surface area contributed by atoms with Gasteiger partial charge in [-0.25, -0.2) is 9.97 Å². The summed E-state index contributed by atoms with van der Waals surface area (Å²) < 4.78 is 0. The highest BCUT2D eigenvalue weighted by molar-refractivity contribution is 5.94. The van der Waals surface area contributed by atoms with Crippen LogP contribution >= 0.6 is 0 Å². The minimum Gasteiger partial charge on any atom is -0.368 e. The van der Waals surface area contributed by atoms with E-state index in [9.17, 15) is 0 Å². The molecular weight excluding hydrogens is 224 g/mol. The topological polar surface area (TPSA) is 64.7 Å². The molecule has 3 aromatic rings. The van der Waals surface area contributed by atoms with E-state index in [1.54, 1.807) is 12.4 Å². The van der Waals surface area contributed by atoms with Crippen molar-refractivity contribution in [3.8, 4) is 11.3 Å². The molecule has 4 heteroatoms. The number of aryl methyl sites for hydroxylation is 1. The number of fused-ring (bicyclic) bond motifs is 1. The summed E-state index contributed by atoms with van der Waals surface area (Å²) >= 11 is 0. The van der Waals surface area contributed by atoms with Gasteiger partial charge in [0.2, 0.25) is 5.95 Å². The molecule has 88 valence electrons. The summed E-state index contributed by atoms with van der Waals surface area (Å²) in [6, 6.07) is 9.95. The molecule has 0 amide bonds. The lowest BCUT2D eigenvalue weighted by molar-refractivity contribution is 1.15. The number of rotatable bonds is 1. The van der Waals surface area contributed by atoms with E-state index in [1.807, 2.05) is 37.3 Å². The van der Waals surface area contributed by atoms with Crippen LogP contribution in [0.15, 0.2) is 42.7 Å². The van der Waals surface area contributed by atoms with Crippen LogP contribution < -0.4 is 5.73 Å². The summed E-state index contributed by atoms with van der Waals surface area (Å²) in [5.41, 5.74) is 9.52. The maximum absolute atomic E-state index is 5.67. The first kappa shape index (κ1) is 10.7. The van der Waals surface area contributed by atoms with Crippen molar-refractivity contribution in [2.45, 2.75) is 6.92 Å². The van der Waals surface area contributed by atoms with Gasteiger partial charge in [0.25, 0.3) is 0 Å². The standard InChI is InChI=1S/C14H12N4/c1-9-8-17-14(15)18-13(9)11-4-2-6-12-10(11)5-3-7-16-12/h2-8H,1H3,(H2,15,17,18). The number of benzene rings is 1. The summed E-state index contributed by atoms with van der Waals surface area (Å²) in [7, 11) is 0. The summed E-state index contributed by atoms with van der Waals surface area (Å²) in [4.78, 5) is 12.7. The van der Waals surface area contributed by atoms with E-state index in [4.69, 9.17) is 5.73 Å². The van der Waals surface area contributed by atoms with Crippen LogP contribution in [-0.2, 0) is 0 Å². The molecule has 0 fully saturated rings. The summed E-state index contributed by atoms with van der Waals surface area (Å²) in [5.74, 6) is 0.288. The minimum atomic E-state index is 0.288. The van der Waals surface area contributed by atoms with Crippen LogP contribution in [0.1, 0.15) is 5.56 Å². The molecule has 3 rings (SSSR count). The monoisotopic (exact) mass is 236 g/mol. The Labute approximate surface area is 105 Å². The van der Waals surface area contributed by atoms with Crippen molar-refractivity contribution in [3.05, 3.63) is 48.3 Å². The Balaban J connectivity index is 2.35. The van der Waals surface area contributed by atoms with Gasteiger partial charge in [-0.1, -0.05) is 18.2 Å². The van der Waals surface area contributed by atoms with Gasteiger partial charge in [-0.2, -0.15) is 0 Å². The molecule has 0 aliphatic rings. The summed E-state index contributed by atoms with van der Waals surface area (Å²) in [5, 5.41) is 1.07. The van der Waals surface area contributed by atoms with Crippen molar-refractivity contribution in [1.29, 1.82) is 0 Å². The van der Waals surface area contributed by atoms with Gasteiger partial charge in [0.05, 0.1) is 11.2 Å². The Bertz CT molecular complexity index is 717. The van der Waals surface area contributed by atoms with Gasteiger partial charge in [-0.05, 0) is 24.6 Å². The largest absolute Gasteiger partial charge is 0.368 e. The predicted molar refractivity (Wildman–Crippen MR) is 71.9 cm³/mol. The van der Waals surface area contributed by atoms with E-state index in [0.717, 1.165) is 27.7 Å². The van der Waals surface area contributed by atoms with E-state index in [-0.39, 0.29) is 5.95 Å². The van der Waals surface area contributed by atoms with Crippen LogP contribution in [-0.4, -0.2) is 15.0 Å². The third-order valence-corrected chi connectivity index (χ3v) is 2.89. The number of anilines is 1. The second-order valence-corrected chi connectivity index (χ2v) is 4.14. The average Bonchev–Trinajstić information content (AvgIpc) is 2.41. The summed E-state index contributed by atoms with van der Waals surface area (Å²) in [6.45, 7) is 1.98.